The molecule has 1 saturated heterocycles. The van der Waals surface area contributed by atoms with Crippen molar-refractivity contribution in [3.8, 4) is 11.5 Å². The molecule has 0 bridgehead atoms. The summed E-state index contributed by atoms with van der Waals surface area (Å²) >= 11 is 0. The van der Waals surface area contributed by atoms with Crippen LogP contribution in [0.3, 0.4) is 0 Å². The summed E-state index contributed by atoms with van der Waals surface area (Å²) in [6, 6.07) is 16.2. The van der Waals surface area contributed by atoms with Gasteiger partial charge in [0.15, 0.2) is 11.5 Å². The van der Waals surface area contributed by atoms with Gasteiger partial charge in [0.2, 0.25) is 0 Å². The second-order valence-electron chi connectivity index (χ2n) is 6.98. The molecule has 0 aromatic heterocycles. The highest BCUT2D eigenvalue weighted by Crippen LogP contribution is 2.31. The lowest BCUT2D eigenvalue weighted by molar-refractivity contribution is -0.141. The van der Waals surface area contributed by atoms with Crippen molar-refractivity contribution in [1.29, 1.82) is 0 Å². The van der Waals surface area contributed by atoms with E-state index < -0.39 is 0 Å². The van der Waals surface area contributed by atoms with Crippen LogP contribution < -0.4 is 9.47 Å². The number of amides is 1. The number of carbonyl (C=O) groups is 1. The van der Waals surface area contributed by atoms with Crippen LogP contribution in [-0.4, -0.2) is 43.3 Å². The molecule has 5 heteroatoms. The Morgan fingerprint density at radius 2 is 1.78 bits per heavy atom. The van der Waals surface area contributed by atoms with Crippen LogP contribution in [0.4, 0.5) is 0 Å². The molecule has 2 aromatic rings. The lowest BCUT2D eigenvalue weighted by atomic mass is 10.1. The van der Waals surface area contributed by atoms with Gasteiger partial charge in [-0.2, -0.15) is 0 Å². The molecule has 27 heavy (non-hydrogen) atoms. The summed E-state index contributed by atoms with van der Waals surface area (Å²) in [5.74, 6) is 1.61. The van der Waals surface area contributed by atoms with Gasteiger partial charge < -0.3 is 19.1 Å². The van der Waals surface area contributed by atoms with Crippen LogP contribution in [0, 0.1) is 0 Å². The van der Waals surface area contributed by atoms with E-state index in [9.17, 15) is 4.79 Å². The van der Waals surface area contributed by atoms with Crippen molar-refractivity contribution in [1.82, 2.24) is 4.90 Å². The minimum atomic E-state index is -0.307. The van der Waals surface area contributed by atoms with Crippen LogP contribution >= 0.6 is 0 Å². The fraction of sp³-hybridized carbons (Fsp3) is 0.409. The topological polar surface area (TPSA) is 48.0 Å². The number of hydrogen-bond donors (Lipinski definition) is 0. The smallest absolute Gasteiger partial charge is 0.252 e. The molecule has 1 atom stereocenters. The van der Waals surface area contributed by atoms with E-state index in [0.717, 1.165) is 36.3 Å². The van der Waals surface area contributed by atoms with Crippen molar-refractivity contribution < 1.29 is 19.0 Å². The fourth-order valence-electron chi connectivity index (χ4n) is 3.56. The maximum absolute atomic E-state index is 13.0. The molecular weight excluding hydrogens is 342 g/mol. The number of nitrogens with zero attached hydrogens (tertiary/aromatic N) is 1. The van der Waals surface area contributed by atoms with Crippen molar-refractivity contribution in [3.63, 3.8) is 0 Å². The van der Waals surface area contributed by atoms with Gasteiger partial charge in [-0.25, -0.2) is 0 Å². The Kier molecular flexibility index (Phi) is 5.58. The van der Waals surface area contributed by atoms with Crippen LogP contribution in [0.1, 0.15) is 24.0 Å². The quantitative estimate of drug-likeness (QED) is 0.787. The van der Waals surface area contributed by atoms with E-state index in [2.05, 4.69) is 12.1 Å². The zero-order valence-corrected chi connectivity index (χ0v) is 15.4. The monoisotopic (exact) mass is 367 g/mol. The molecule has 2 aliphatic rings. The highest BCUT2D eigenvalue weighted by atomic mass is 16.6. The van der Waals surface area contributed by atoms with E-state index in [1.807, 2.05) is 41.3 Å². The van der Waals surface area contributed by atoms with Crippen molar-refractivity contribution >= 4 is 5.91 Å². The Labute approximate surface area is 159 Å². The van der Waals surface area contributed by atoms with Gasteiger partial charge in [0, 0.05) is 19.7 Å². The Bertz CT molecular complexity index is 771. The summed E-state index contributed by atoms with van der Waals surface area (Å²) in [4.78, 5) is 14.9. The van der Waals surface area contributed by atoms with E-state index in [1.54, 1.807) is 0 Å². The normalized spacial score (nSPS) is 18.3. The van der Waals surface area contributed by atoms with Crippen molar-refractivity contribution in [2.75, 3.05) is 26.4 Å². The minimum absolute atomic E-state index is 0.0818. The number of hydrogen-bond acceptors (Lipinski definition) is 4. The van der Waals surface area contributed by atoms with E-state index in [-0.39, 0.29) is 12.0 Å². The van der Waals surface area contributed by atoms with E-state index in [4.69, 9.17) is 14.2 Å². The predicted octanol–water partition coefficient (Wildman–Crippen LogP) is 3.21. The maximum atomic E-state index is 13.0. The lowest BCUT2D eigenvalue weighted by Gasteiger charge is -2.26. The summed E-state index contributed by atoms with van der Waals surface area (Å²) in [5.41, 5.74) is 2.27. The van der Waals surface area contributed by atoms with Gasteiger partial charge in [-0.15, -0.1) is 0 Å². The summed E-state index contributed by atoms with van der Waals surface area (Å²) in [6.07, 6.45) is 2.27. The molecule has 1 amide bonds. The van der Waals surface area contributed by atoms with E-state index in [0.29, 0.717) is 32.9 Å². The van der Waals surface area contributed by atoms with Crippen LogP contribution in [0.5, 0.6) is 11.5 Å². The third-order valence-corrected chi connectivity index (χ3v) is 5.01. The van der Waals surface area contributed by atoms with Crippen molar-refractivity contribution in [3.05, 3.63) is 59.7 Å². The second-order valence-corrected chi connectivity index (χ2v) is 6.98. The molecule has 1 unspecified atom stereocenters. The van der Waals surface area contributed by atoms with E-state index in [1.165, 1.54) is 5.56 Å². The molecule has 2 aromatic carbocycles. The largest absolute Gasteiger partial charge is 0.486 e. The molecule has 5 nitrogen and oxygen atoms in total. The number of fused-ring (bicyclic) bond motifs is 1. The molecule has 1 fully saturated rings. The number of ether oxygens (including phenoxy) is 3. The third kappa shape index (κ3) is 4.42. The van der Waals surface area contributed by atoms with Gasteiger partial charge in [0.1, 0.15) is 19.3 Å². The van der Waals surface area contributed by atoms with Gasteiger partial charge in [0.05, 0.1) is 0 Å². The Morgan fingerprint density at radius 1 is 0.963 bits per heavy atom. The second kappa shape index (κ2) is 8.44. The molecule has 2 heterocycles. The first kappa shape index (κ1) is 17.9. The molecule has 142 valence electrons. The summed E-state index contributed by atoms with van der Waals surface area (Å²) < 4.78 is 16.9. The molecule has 0 N–H and O–H groups in total. The van der Waals surface area contributed by atoms with Gasteiger partial charge >= 0.3 is 0 Å². The van der Waals surface area contributed by atoms with Gasteiger partial charge in [-0.1, -0.05) is 36.4 Å². The van der Waals surface area contributed by atoms with Gasteiger partial charge in [0.25, 0.3) is 5.91 Å². The lowest BCUT2D eigenvalue weighted by Crippen LogP contribution is -2.39. The molecular formula is C22H25NO4. The number of benzene rings is 2. The van der Waals surface area contributed by atoms with E-state index >= 15 is 0 Å². The van der Waals surface area contributed by atoms with Gasteiger partial charge in [-0.3, -0.25) is 4.79 Å². The highest BCUT2D eigenvalue weighted by molar-refractivity contribution is 5.81. The maximum Gasteiger partial charge on any atom is 0.252 e. The van der Waals surface area contributed by atoms with Crippen LogP contribution in [0.15, 0.2) is 48.5 Å². The zero-order valence-electron chi connectivity index (χ0n) is 15.4. The highest BCUT2D eigenvalue weighted by Gasteiger charge is 2.28. The number of rotatable bonds is 6. The molecule has 0 aliphatic carbocycles. The van der Waals surface area contributed by atoms with Crippen LogP contribution in [-0.2, 0) is 22.5 Å². The zero-order chi connectivity index (χ0) is 18.5. The van der Waals surface area contributed by atoms with Gasteiger partial charge in [-0.05, 0) is 42.5 Å². The molecule has 2 aliphatic heterocycles. The molecule has 0 spiro atoms. The summed E-state index contributed by atoms with van der Waals surface area (Å²) in [5, 5.41) is 0. The third-order valence-electron chi connectivity index (χ3n) is 5.01. The average Bonchev–Trinajstić information content (AvgIpc) is 3.26. The Morgan fingerprint density at radius 3 is 2.56 bits per heavy atom. The standard InChI is InChI=1S/C22H25NO4/c24-22(20-7-4-12-25-20)23(11-10-17-5-2-1-3-6-17)16-18-8-9-19-21(15-18)27-14-13-26-19/h1-3,5-6,8-9,15,20H,4,7,10-14,16H2. The van der Waals surface area contributed by atoms with Crippen LogP contribution in [0.25, 0.3) is 0 Å². The average molecular weight is 367 g/mol. The Hall–Kier alpha value is -2.53. The molecule has 0 radical (unpaired) electrons. The fourth-order valence-corrected chi connectivity index (χ4v) is 3.56. The van der Waals surface area contributed by atoms with Crippen LogP contribution in [0.2, 0.25) is 0 Å². The summed E-state index contributed by atoms with van der Waals surface area (Å²) in [6.45, 7) is 3.02. The first-order valence-electron chi connectivity index (χ1n) is 9.62. The molecule has 0 saturated carbocycles. The minimum Gasteiger partial charge on any atom is -0.486 e. The van der Waals surface area contributed by atoms with Crippen molar-refractivity contribution in [2.24, 2.45) is 0 Å². The first-order valence-corrected chi connectivity index (χ1v) is 9.62. The number of carbonyl (C=O) groups excluding carboxylic acids is 1. The Balaban J connectivity index is 1.49. The SMILES string of the molecule is O=C(C1CCCO1)N(CCc1ccccc1)Cc1ccc2c(c1)OCCO2. The predicted molar refractivity (Wildman–Crippen MR) is 102 cm³/mol. The van der Waals surface area contributed by atoms with Crippen molar-refractivity contribution in [2.45, 2.75) is 31.9 Å². The summed E-state index contributed by atoms with van der Waals surface area (Å²) in [7, 11) is 0. The first-order chi connectivity index (χ1) is 13.3. The molecule has 4 rings (SSSR count).